The highest BCUT2D eigenvalue weighted by Gasteiger charge is 2.00. The van der Waals surface area contributed by atoms with Crippen LogP contribution in [0.1, 0.15) is 25.3 Å². The standard InChI is InChI=1S/C12H15FO/c1-3-4-8-14-10(2)11-6-5-7-12(13)9-11/h5-7,9H,2-4,8H2,1H3. The predicted octanol–water partition coefficient (Wildman–Crippen LogP) is 3.61. The molecule has 0 amide bonds. The minimum absolute atomic E-state index is 0.261. The van der Waals surface area contributed by atoms with E-state index in [0.717, 1.165) is 12.8 Å². The summed E-state index contributed by atoms with van der Waals surface area (Å²) in [4.78, 5) is 0. The van der Waals surface area contributed by atoms with Crippen LogP contribution >= 0.6 is 0 Å². The molecule has 0 atom stereocenters. The lowest BCUT2D eigenvalue weighted by Gasteiger charge is -2.08. The third-order valence-corrected chi connectivity index (χ3v) is 1.92. The van der Waals surface area contributed by atoms with Crippen molar-refractivity contribution in [3.63, 3.8) is 0 Å². The van der Waals surface area contributed by atoms with Crippen LogP contribution in [0.25, 0.3) is 5.76 Å². The Kier molecular flexibility index (Phi) is 4.17. The Morgan fingerprint density at radius 2 is 2.29 bits per heavy atom. The van der Waals surface area contributed by atoms with Crippen LogP contribution in [0.3, 0.4) is 0 Å². The van der Waals surface area contributed by atoms with Gasteiger partial charge in [0.25, 0.3) is 0 Å². The van der Waals surface area contributed by atoms with Crippen molar-refractivity contribution in [2.75, 3.05) is 6.61 Å². The molecular formula is C12H15FO. The SMILES string of the molecule is C=C(OCCCC)c1cccc(F)c1. The molecule has 0 aliphatic heterocycles. The highest BCUT2D eigenvalue weighted by Crippen LogP contribution is 2.14. The van der Waals surface area contributed by atoms with E-state index in [1.165, 1.54) is 12.1 Å². The van der Waals surface area contributed by atoms with Gasteiger partial charge in [0.2, 0.25) is 0 Å². The number of hydrogen-bond acceptors (Lipinski definition) is 1. The van der Waals surface area contributed by atoms with Crippen LogP contribution in [0.15, 0.2) is 30.8 Å². The molecule has 0 fully saturated rings. The van der Waals surface area contributed by atoms with E-state index in [1.54, 1.807) is 12.1 Å². The number of rotatable bonds is 5. The zero-order valence-electron chi connectivity index (χ0n) is 8.42. The van der Waals surface area contributed by atoms with Gasteiger partial charge in [0.1, 0.15) is 11.6 Å². The van der Waals surface area contributed by atoms with E-state index < -0.39 is 0 Å². The van der Waals surface area contributed by atoms with E-state index in [2.05, 4.69) is 13.5 Å². The molecule has 0 aromatic heterocycles. The highest BCUT2D eigenvalue weighted by atomic mass is 19.1. The normalized spacial score (nSPS) is 9.86. The van der Waals surface area contributed by atoms with Crippen molar-refractivity contribution in [1.82, 2.24) is 0 Å². The lowest BCUT2D eigenvalue weighted by Crippen LogP contribution is -1.93. The number of halogens is 1. The molecular weight excluding hydrogens is 179 g/mol. The molecule has 0 radical (unpaired) electrons. The molecule has 0 unspecified atom stereocenters. The molecule has 1 rings (SSSR count). The van der Waals surface area contributed by atoms with Crippen LogP contribution in [0, 0.1) is 5.82 Å². The van der Waals surface area contributed by atoms with Gasteiger partial charge in [0, 0.05) is 5.56 Å². The van der Waals surface area contributed by atoms with Gasteiger partial charge in [-0.1, -0.05) is 32.1 Å². The van der Waals surface area contributed by atoms with Gasteiger partial charge in [-0.05, 0) is 18.6 Å². The molecule has 0 heterocycles. The quantitative estimate of drug-likeness (QED) is 0.514. The molecule has 1 aromatic carbocycles. The summed E-state index contributed by atoms with van der Waals surface area (Å²) in [5.41, 5.74) is 0.709. The van der Waals surface area contributed by atoms with Crippen molar-refractivity contribution in [3.8, 4) is 0 Å². The Morgan fingerprint density at radius 1 is 1.50 bits per heavy atom. The Hall–Kier alpha value is -1.31. The van der Waals surface area contributed by atoms with Crippen molar-refractivity contribution in [2.24, 2.45) is 0 Å². The summed E-state index contributed by atoms with van der Waals surface area (Å²) in [6.45, 7) is 6.49. The van der Waals surface area contributed by atoms with Crippen LogP contribution in [0.2, 0.25) is 0 Å². The van der Waals surface area contributed by atoms with E-state index in [9.17, 15) is 4.39 Å². The van der Waals surface area contributed by atoms with E-state index in [0.29, 0.717) is 17.9 Å². The maximum absolute atomic E-state index is 12.8. The third kappa shape index (κ3) is 3.21. The molecule has 0 bridgehead atoms. The van der Waals surface area contributed by atoms with Crippen LogP contribution in [0.4, 0.5) is 4.39 Å². The Labute approximate surface area is 84.2 Å². The first-order valence-corrected chi connectivity index (χ1v) is 4.81. The Morgan fingerprint density at radius 3 is 2.93 bits per heavy atom. The maximum Gasteiger partial charge on any atom is 0.123 e. The van der Waals surface area contributed by atoms with Gasteiger partial charge < -0.3 is 4.74 Å². The molecule has 1 aromatic rings. The molecule has 0 aliphatic carbocycles. The van der Waals surface area contributed by atoms with Gasteiger partial charge in [-0.3, -0.25) is 0 Å². The second kappa shape index (κ2) is 5.43. The van der Waals surface area contributed by atoms with Crippen molar-refractivity contribution < 1.29 is 9.13 Å². The van der Waals surface area contributed by atoms with E-state index in [1.807, 2.05) is 0 Å². The first-order valence-electron chi connectivity index (χ1n) is 4.81. The zero-order chi connectivity index (χ0) is 10.4. The fourth-order valence-corrected chi connectivity index (χ4v) is 1.08. The average molecular weight is 194 g/mol. The largest absolute Gasteiger partial charge is 0.494 e. The Bertz CT molecular complexity index is 307. The van der Waals surface area contributed by atoms with Crippen LogP contribution in [-0.2, 0) is 4.74 Å². The fraction of sp³-hybridized carbons (Fsp3) is 0.333. The second-order valence-corrected chi connectivity index (χ2v) is 3.14. The minimum Gasteiger partial charge on any atom is -0.494 e. The van der Waals surface area contributed by atoms with Gasteiger partial charge in [-0.25, -0.2) is 4.39 Å². The molecule has 0 N–H and O–H groups in total. The van der Waals surface area contributed by atoms with E-state index in [-0.39, 0.29) is 5.82 Å². The topological polar surface area (TPSA) is 9.23 Å². The van der Waals surface area contributed by atoms with E-state index >= 15 is 0 Å². The first-order chi connectivity index (χ1) is 6.74. The average Bonchev–Trinajstić information content (AvgIpc) is 2.18. The molecule has 76 valence electrons. The molecule has 2 heteroatoms. The van der Waals surface area contributed by atoms with E-state index in [4.69, 9.17) is 4.74 Å². The lowest BCUT2D eigenvalue weighted by molar-refractivity contribution is 0.271. The number of benzene rings is 1. The lowest BCUT2D eigenvalue weighted by atomic mass is 10.2. The molecule has 14 heavy (non-hydrogen) atoms. The summed E-state index contributed by atoms with van der Waals surface area (Å²) in [6.07, 6.45) is 2.07. The predicted molar refractivity (Wildman–Crippen MR) is 56.3 cm³/mol. The van der Waals surface area contributed by atoms with Gasteiger partial charge in [-0.2, -0.15) is 0 Å². The zero-order valence-corrected chi connectivity index (χ0v) is 8.42. The van der Waals surface area contributed by atoms with Crippen molar-refractivity contribution in [1.29, 1.82) is 0 Å². The smallest absolute Gasteiger partial charge is 0.123 e. The molecule has 0 saturated heterocycles. The van der Waals surface area contributed by atoms with Crippen molar-refractivity contribution >= 4 is 5.76 Å². The first kappa shape index (κ1) is 10.8. The molecule has 1 nitrogen and oxygen atoms in total. The maximum atomic E-state index is 12.8. The van der Waals surface area contributed by atoms with Crippen molar-refractivity contribution in [2.45, 2.75) is 19.8 Å². The summed E-state index contributed by atoms with van der Waals surface area (Å²) in [5.74, 6) is 0.278. The molecule has 0 spiro atoms. The van der Waals surface area contributed by atoms with Gasteiger partial charge in [-0.15, -0.1) is 0 Å². The van der Waals surface area contributed by atoms with Crippen LogP contribution in [0.5, 0.6) is 0 Å². The Balaban J connectivity index is 2.52. The fourth-order valence-electron chi connectivity index (χ4n) is 1.08. The molecule has 0 saturated carbocycles. The summed E-state index contributed by atoms with van der Waals surface area (Å²) >= 11 is 0. The second-order valence-electron chi connectivity index (χ2n) is 3.14. The van der Waals surface area contributed by atoms with Crippen molar-refractivity contribution in [3.05, 3.63) is 42.2 Å². The minimum atomic E-state index is -0.261. The monoisotopic (exact) mass is 194 g/mol. The highest BCUT2D eigenvalue weighted by molar-refractivity contribution is 5.57. The number of unbranched alkanes of at least 4 members (excludes halogenated alkanes) is 1. The number of ether oxygens (including phenoxy) is 1. The van der Waals surface area contributed by atoms with Crippen LogP contribution in [-0.4, -0.2) is 6.61 Å². The summed E-state index contributed by atoms with van der Waals surface area (Å²) in [6, 6.07) is 6.27. The number of hydrogen-bond donors (Lipinski definition) is 0. The third-order valence-electron chi connectivity index (χ3n) is 1.92. The van der Waals surface area contributed by atoms with Gasteiger partial charge in [0.05, 0.1) is 6.61 Å². The van der Waals surface area contributed by atoms with Crippen LogP contribution < -0.4 is 0 Å². The summed E-state index contributed by atoms with van der Waals surface area (Å²) in [5, 5.41) is 0. The van der Waals surface area contributed by atoms with Gasteiger partial charge >= 0.3 is 0 Å². The summed E-state index contributed by atoms with van der Waals surface area (Å²) < 4.78 is 18.2. The molecule has 0 aliphatic rings. The van der Waals surface area contributed by atoms with Gasteiger partial charge in [0.15, 0.2) is 0 Å². The summed E-state index contributed by atoms with van der Waals surface area (Å²) in [7, 11) is 0.